The maximum atomic E-state index is 13.9. The van der Waals surface area contributed by atoms with Crippen LogP contribution in [-0.4, -0.2) is 60.8 Å². The predicted molar refractivity (Wildman–Crippen MR) is 168 cm³/mol. The summed E-state index contributed by atoms with van der Waals surface area (Å²) in [6.45, 7) is 14.5. The number of nitrogens with zero attached hydrogens (tertiary/aromatic N) is 4. The van der Waals surface area contributed by atoms with E-state index in [1.807, 2.05) is 33.0 Å². The van der Waals surface area contributed by atoms with E-state index in [4.69, 9.17) is 30.9 Å². The van der Waals surface area contributed by atoms with Gasteiger partial charge in [0.1, 0.15) is 18.1 Å². The Morgan fingerprint density at radius 1 is 1.19 bits per heavy atom. The Kier molecular flexibility index (Phi) is 10.2. The Morgan fingerprint density at radius 2 is 1.86 bits per heavy atom. The van der Waals surface area contributed by atoms with Gasteiger partial charge in [-0.05, 0) is 69.5 Å². The monoisotopic (exact) mass is 628 g/mol. The lowest BCUT2D eigenvalue weighted by Crippen LogP contribution is -2.48. The minimum Gasteiger partial charge on any atom is -0.444 e. The van der Waals surface area contributed by atoms with Crippen molar-refractivity contribution in [1.82, 2.24) is 14.7 Å². The lowest BCUT2D eigenvalue weighted by molar-refractivity contribution is -0.00217. The first kappa shape index (κ1) is 32.9. The van der Waals surface area contributed by atoms with Crippen molar-refractivity contribution in [2.24, 2.45) is 0 Å². The van der Waals surface area contributed by atoms with Crippen molar-refractivity contribution < 1.29 is 23.4 Å². The summed E-state index contributed by atoms with van der Waals surface area (Å²) >= 11 is 6.48. The van der Waals surface area contributed by atoms with Gasteiger partial charge in [-0.15, -0.1) is 0 Å². The quantitative estimate of drug-likeness (QED) is 0.169. The Morgan fingerprint density at radius 3 is 2.47 bits per heavy atom. The van der Waals surface area contributed by atoms with E-state index in [1.165, 1.54) is 12.1 Å². The van der Waals surface area contributed by atoms with Crippen molar-refractivity contribution in [3.05, 3.63) is 64.6 Å². The van der Waals surface area contributed by atoms with E-state index in [-0.39, 0.29) is 18.5 Å². The number of aromatic nitrogens is 2. The number of piperidine rings is 1. The molecule has 2 aromatic carbocycles. The average molecular weight is 629 g/mol. The number of rotatable bonds is 10. The molecule has 1 aromatic heterocycles. The van der Waals surface area contributed by atoms with Gasteiger partial charge in [0, 0.05) is 55.4 Å². The first-order valence-corrected chi connectivity index (χ1v) is 18.8. The van der Waals surface area contributed by atoms with Crippen LogP contribution in [0.25, 0.3) is 10.9 Å². The Bertz CT molecular complexity index is 1450. The van der Waals surface area contributed by atoms with Crippen LogP contribution in [0, 0.1) is 17.1 Å². The molecular formula is C32H42ClFN4O4Si. The molecule has 1 amide bonds. The maximum Gasteiger partial charge on any atom is 0.410 e. The van der Waals surface area contributed by atoms with Crippen molar-refractivity contribution in [3.63, 3.8) is 0 Å². The number of likely N-dealkylation sites (tertiary alicyclic amines) is 1. The van der Waals surface area contributed by atoms with Gasteiger partial charge in [-0.25, -0.2) is 13.9 Å². The van der Waals surface area contributed by atoms with Crippen LogP contribution >= 0.6 is 11.6 Å². The minimum absolute atomic E-state index is 0.188. The van der Waals surface area contributed by atoms with Crippen LogP contribution in [0.1, 0.15) is 50.8 Å². The molecule has 11 heteroatoms. The molecule has 1 atom stereocenters. The molecule has 0 bridgehead atoms. The smallest absolute Gasteiger partial charge is 0.410 e. The number of ether oxygens (including phenoxy) is 3. The second kappa shape index (κ2) is 13.3. The molecule has 0 N–H and O–H groups in total. The van der Waals surface area contributed by atoms with Crippen molar-refractivity contribution >= 4 is 36.7 Å². The topological polar surface area (TPSA) is 89.6 Å². The van der Waals surface area contributed by atoms with Gasteiger partial charge in [0.05, 0.1) is 18.2 Å². The van der Waals surface area contributed by atoms with Crippen molar-refractivity contribution in [1.29, 1.82) is 5.26 Å². The largest absolute Gasteiger partial charge is 0.444 e. The number of benzene rings is 2. The molecule has 0 radical (unpaired) electrons. The zero-order valence-corrected chi connectivity index (χ0v) is 27.7. The zero-order chi connectivity index (χ0) is 31.4. The fourth-order valence-electron chi connectivity index (χ4n) is 5.18. The highest BCUT2D eigenvalue weighted by Gasteiger charge is 2.40. The van der Waals surface area contributed by atoms with E-state index in [0.29, 0.717) is 55.4 Å². The highest BCUT2D eigenvalue weighted by Crippen LogP contribution is 2.39. The van der Waals surface area contributed by atoms with Crippen LogP contribution in [-0.2, 0) is 26.4 Å². The van der Waals surface area contributed by atoms with E-state index in [9.17, 15) is 14.4 Å². The molecule has 1 aliphatic rings. The Balaban J connectivity index is 1.54. The molecule has 4 rings (SSSR count). The van der Waals surface area contributed by atoms with E-state index in [0.717, 1.165) is 17.0 Å². The first-order chi connectivity index (χ1) is 20.2. The summed E-state index contributed by atoms with van der Waals surface area (Å²) in [6, 6.07) is 13.2. The summed E-state index contributed by atoms with van der Waals surface area (Å²) in [5, 5.41) is 16.2. The fraction of sp³-hybridized carbons (Fsp3) is 0.531. The van der Waals surface area contributed by atoms with Gasteiger partial charge in [0.25, 0.3) is 0 Å². The number of fused-ring (bicyclic) bond motifs is 1. The molecule has 43 heavy (non-hydrogen) atoms. The maximum absolute atomic E-state index is 13.9. The normalized spacial score (nSPS) is 16.2. The van der Waals surface area contributed by atoms with Gasteiger partial charge in [0.15, 0.2) is 6.10 Å². The Labute approximate surface area is 259 Å². The summed E-state index contributed by atoms with van der Waals surface area (Å²) in [4.78, 5) is 14.4. The summed E-state index contributed by atoms with van der Waals surface area (Å²) in [7, 11) is -1.21. The van der Waals surface area contributed by atoms with Gasteiger partial charge in [-0.2, -0.15) is 10.4 Å². The zero-order valence-electron chi connectivity index (χ0n) is 26.0. The summed E-state index contributed by atoms with van der Waals surface area (Å²) in [5.74, 6) is -0.331. The predicted octanol–water partition coefficient (Wildman–Crippen LogP) is 7.69. The van der Waals surface area contributed by atoms with Crippen molar-refractivity contribution in [2.45, 2.75) is 83.1 Å². The number of carbonyl (C=O) groups excluding carboxylic acids is 1. The molecule has 3 aromatic rings. The third-order valence-electron chi connectivity index (χ3n) is 7.63. The molecular weight excluding hydrogens is 587 g/mol. The molecule has 1 unspecified atom stereocenters. The molecule has 2 heterocycles. The summed E-state index contributed by atoms with van der Waals surface area (Å²) in [5.41, 5.74) is 0.959. The van der Waals surface area contributed by atoms with Gasteiger partial charge in [-0.1, -0.05) is 43.4 Å². The number of carbonyl (C=O) groups is 1. The highest BCUT2D eigenvalue weighted by molar-refractivity contribution is 6.76. The molecule has 1 saturated heterocycles. The second-order valence-electron chi connectivity index (χ2n) is 13.5. The molecule has 232 valence electrons. The van der Waals surface area contributed by atoms with Gasteiger partial charge >= 0.3 is 6.09 Å². The van der Waals surface area contributed by atoms with Crippen molar-refractivity contribution in [3.8, 4) is 6.07 Å². The first-order valence-electron chi connectivity index (χ1n) is 14.7. The van der Waals surface area contributed by atoms with Gasteiger partial charge < -0.3 is 19.1 Å². The molecule has 0 spiro atoms. The van der Waals surface area contributed by atoms with Crippen LogP contribution in [0.5, 0.6) is 0 Å². The summed E-state index contributed by atoms with van der Waals surface area (Å²) in [6.07, 6.45) is 1.67. The number of nitriles is 1. The lowest BCUT2D eigenvalue weighted by Gasteiger charge is -2.42. The number of halogens is 2. The van der Waals surface area contributed by atoms with Crippen LogP contribution in [0.4, 0.5) is 9.18 Å². The molecule has 1 aliphatic heterocycles. The average Bonchev–Trinajstić information content (AvgIpc) is 3.33. The van der Waals surface area contributed by atoms with Gasteiger partial charge in [0.2, 0.25) is 0 Å². The molecule has 0 aliphatic carbocycles. The molecule has 0 saturated carbocycles. The van der Waals surface area contributed by atoms with E-state index in [1.54, 1.807) is 27.8 Å². The SMILES string of the molecule is CC(C)(C)OC(=O)N1CCC(COC(C#N)c2cc(Cl)cc3cn(COCC[Si](C)(C)C)nc23)(c2ccc(F)cc2)CC1. The van der Waals surface area contributed by atoms with Crippen LogP contribution in [0.2, 0.25) is 30.7 Å². The lowest BCUT2D eigenvalue weighted by atomic mass is 9.73. The molecule has 8 nitrogen and oxygen atoms in total. The van der Waals surface area contributed by atoms with Crippen molar-refractivity contribution in [2.75, 3.05) is 26.3 Å². The Hall–Kier alpha value is -2.97. The number of hydrogen-bond acceptors (Lipinski definition) is 6. The van der Waals surface area contributed by atoms with Crippen LogP contribution in [0.3, 0.4) is 0 Å². The van der Waals surface area contributed by atoms with Crippen LogP contribution in [0.15, 0.2) is 42.6 Å². The number of hydrogen-bond donors (Lipinski definition) is 0. The third kappa shape index (κ3) is 8.79. The summed E-state index contributed by atoms with van der Waals surface area (Å²) < 4.78 is 33.4. The van der Waals surface area contributed by atoms with E-state index < -0.39 is 25.2 Å². The van der Waals surface area contributed by atoms with E-state index in [2.05, 4.69) is 25.7 Å². The minimum atomic E-state index is -1.21. The standard InChI is InChI=1S/C32H42ClFN4O4Si/c1-31(2,3)42-30(39)37-13-11-32(12-14-37,24-7-9-26(34)10-8-24)21-41-28(19-35)27-18-25(33)17-23-20-38(36-29(23)27)22-40-15-16-43(4,5)6/h7-10,17-18,20,28H,11-16,21-22H2,1-6H3. The van der Waals surface area contributed by atoms with Crippen LogP contribution < -0.4 is 0 Å². The highest BCUT2D eigenvalue weighted by atomic mass is 35.5. The van der Waals surface area contributed by atoms with E-state index >= 15 is 0 Å². The fourth-order valence-corrected chi connectivity index (χ4v) is 6.17. The third-order valence-corrected chi connectivity index (χ3v) is 9.55. The van der Waals surface area contributed by atoms with Gasteiger partial charge in [-0.3, -0.25) is 0 Å². The molecule has 1 fully saturated rings. The number of amides is 1. The second-order valence-corrected chi connectivity index (χ2v) is 19.6.